The number of imidazole rings is 2. The molecule has 34 heteroatoms. The zero-order valence-corrected chi connectivity index (χ0v) is 41.0. The van der Waals surface area contributed by atoms with E-state index in [9.17, 15) is 52.8 Å². The van der Waals surface area contributed by atoms with Crippen molar-refractivity contribution in [1.82, 2.24) is 49.3 Å². The van der Waals surface area contributed by atoms with Gasteiger partial charge < -0.3 is 64.6 Å². The molecule has 0 saturated carbocycles. The first-order chi connectivity index (χ1) is 35.4. The van der Waals surface area contributed by atoms with Crippen LogP contribution in [0.15, 0.2) is 34.4 Å². The van der Waals surface area contributed by atoms with Gasteiger partial charge in [0.05, 0.1) is 90.4 Å². The molecule has 4 aromatic heterocycles. The van der Waals surface area contributed by atoms with E-state index in [1.54, 1.807) is 0 Å². The number of aromatic amines is 2. The van der Waals surface area contributed by atoms with Crippen LogP contribution in [0.5, 0.6) is 0 Å². The van der Waals surface area contributed by atoms with Crippen LogP contribution in [0.25, 0.3) is 22.3 Å². The van der Waals surface area contributed by atoms with Gasteiger partial charge in [-0.05, 0) is 6.42 Å². The van der Waals surface area contributed by atoms with E-state index in [2.05, 4.69) is 35.2 Å². The Hall–Kier alpha value is -5.70. The van der Waals surface area contributed by atoms with E-state index < -0.39 is 112 Å². The Bertz CT molecular complexity index is 2930. The predicted molar refractivity (Wildman–Crippen MR) is 248 cm³/mol. The summed E-state index contributed by atoms with van der Waals surface area (Å²) in [6.07, 6.45) is -4.88. The number of nitrogens with one attached hydrogen (secondary N) is 3. The van der Waals surface area contributed by atoms with Crippen LogP contribution in [-0.2, 0) is 70.3 Å². The number of ketones is 1. The Kier molecular flexibility index (Phi) is 17.6. The Morgan fingerprint density at radius 2 is 1.28 bits per heavy atom. The number of aromatic nitrogens is 8. The second-order valence-electron chi connectivity index (χ2n) is 17.1. The van der Waals surface area contributed by atoms with Crippen LogP contribution in [0.3, 0.4) is 0 Å². The maximum Gasteiger partial charge on any atom is 0.472 e. The summed E-state index contributed by atoms with van der Waals surface area (Å²) < 4.78 is 80.6. The predicted octanol–water partition coefficient (Wildman–Crippen LogP) is -2.49. The molecule has 4 aliphatic rings. The van der Waals surface area contributed by atoms with Crippen molar-refractivity contribution in [3.63, 3.8) is 0 Å². The second kappa shape index (κ2) is 23.9. The topological polar surface area (TPSA) is 441 Å². The van der Waals surface area contributed by atoms with Crippen LogP contribution in [0.1, 0.15) is 38.1 Å². The Morgan fingerprint density at radius 3 is 1.89 bits per heavy atom. The highest BCUT2D eigenvalue weighted by molar-refractivity contribution is 7.52. The molecule has 0 aromatic carbocycles. The highest BCUT2D eigenvalue weighted by Gasteiger charge is 2.54. The second-order valence-corrected chi connectivity index (χ2v) is 20.4. The summed E-state index contributed by atoms with van der Waals surface area (Å²) in [7, 11) is -9.97. The first kappa shape index (κ1) is 54.6. The highest BCUT2D eigenvalue weighted by atomic mass is 31.2. The van der Waals surface area contributed by atoms with Gasteiger partial charge in [0, 0.05) is 50.5 Å². The lowest BCUT2D eigenvalue weighted by atomic mass is 9.97. The third-order valence-electron chi connectivity index (χ3n) is 12.0. The summed E-state index contributed by atoms with van der Waals surface area (Å²) in [5.41, 5.74) is 9.57. The molecular formula is C40H54N12O20P2. The first-order valence-electron chi connectivity index (χ1n) is 23.1. The zero-order chi connectivity index (χ0) is 52.7. The average molecular weight is 1080 g/mol. The number of carbonyl (C=O) groups is 4. The number of anilines is 2. The molecular weight excluding hydrogens is 1030 g/mol. The largest absolute Gasteiger partial charge is 0.472 e. The molecule has 0 aliphatic carbocycles. The fraction of sp³-hybridized carbons (Fsp3) is 0.600. The molecule has 0 spiro atoms. The molecule has 0 radical (unpaired) electrons. The number of H-pyrrole nitrogens is 2. The van der Waals surface area contributed by atoms with Gasteiger partial charge in [0.15, 0.2) is 34.8 Å². The quantitative estimate of drug-likeness (QED) is 0.0229. The number of Topliss-reactive ketones (excluding diaryl/α,β-unsaturated/α-hetero) is 1. The van der Waals surface area contributed by atoms with E-state index in [0.29, 0.717) is 13.0 Å². The van der Waals surface area contributed by atoms with Gasteiger partial charge in [-0.2, -0.15) is 9.97 Å². The van der Waals surface area contributed by atoms with E-state index in [0.717, 1.165) is 15.8 Å². The van der Waals surface area contributed by atoms with Gasteiger partial charge in [0.1, 0.15) is 24.1 Å². The molecule has 10 N–H and O–H groups in total. The smallest absolute Gasteiger partial charge is 0.386 e. The number of aliphatic hydroxyl groups is 1. The molecule has 3 amide bonds. The van der Waals surface area contributed by atoms with Crippen molar-refractivity contribution in [2.24, 2.45) is 5.92 Å². The van der Waals surface area contributed by atoms with Crippen LogP contribution in [0.4, 0.5) is 11.9 Å². The molecule has 8 heterocycles. The normalized spacial score (nSPS) is 28.4. The maximum atomic E-state index is 14.0. The van der Waals surface area contributed by atoms with Crippen LogP contribution in [0.2, 0.25) is 0 Å². The Balaban J connectivity index is 0.827. The van der Waals surface area contributed by atoms with E-state index in [1.807, 2.05) is 0 Å². The van der Waals surface area contributed by atoms with E-state index >= 15 is 0 Å². The number of nitrogens with zero attached hydrogens (tertiary/aromatic N) is 7. The number of hydrogen-bond acceptors (Lipinski definition) is 24. The Morgan fingerprint density at radius 1 is 0.743 bits per heavy atom. The molecule has 4 unspecified atom stereocenters. The number of phosphoric ester groups is 1. The lowest BCUT2D eigenvalue weighted by molar-refractivity contribution is -0.137. The molecule has 74 heavy (non-hydrogen) atoms. The molecule has 0 bridgehead atoms. The molecule has 4 aliphatic heterocycles. The molecule has 32 nitrogen and oxygen atoms in total. The van der Waals surface area contributed by atoms with Crippen LogP contribution < -0.4 is 27.9 Å². The standard InChI is InChI=1S/C40H54N12O20P2/c41-39-46-33-29(35(58)48-39)43-19-51(33)37-28(45-25(54)6-9-65-11-13-67-15-14-66-12-10-64-8-1-2-21(53)5-7-50-26(55)3-4-27(50)56)22-18-73(60,61)68-17-24-32(72-74(62,63)69-16-23(22)70-37)31(57)38(71-24)52-20-44-30-34(52)47-40(42)49-36(30)59/h3-4,19-20,22-24,28,31-32,37-38,57H,1-2,5-18H2,(H,45,54)(H,60,61)(H,62,63)(H3,41,46,48,58)(H3,42,47,49,59)/t22-,23+,24+,28?,31?,32-,37+,38+/m0/s1. The van der Waals surface area contributed by atoms with Gasteiger partial charge >= 0.3 is 15.4 Å². The van der Waals surface area contributed by atoms with Crippen molar-refractivity contribution in [2.75, 3.05) is 90.2 Å². The average Bonchev–Trinajstić information content (AvgIpc) is 4.16. The molecule has 4 aromatic rings. The lowest BCUT2D eigenvalue weighted by Crippen LogP contribution is -2.45. The van der Waals surface area contributed by atoms with E-state index in [-0.39, 0.29) is 112 Å². The number of ether oxygens (including phenoxy) is 6. The SMILES string of the molecule is Nc1nc2c(ncn2[C@@H]2O[C@@H]3COP(=O)(O)O[C@@H]4C(O)[C@H](n5cnc6c(=O)[nH]c(N)nc65)O[C@@H]4COP(=O)(O)C[C@@H]3C2NC(=O)CCOCCOCCOCCOCCCC(=O)CCN2C(=O)C=CC2=O)c(=O)[nH]1. The number of imide groups is 1. The maximum absolute atomic E-state index is 14.0. The van der Waals surface area contributed by atoms with Crippen molar-refractivity contribution in [3.8, 4) is 0 Å². The number of nitrogens with two attached hydrogens (primary N) is 2. The van der Waals surface area contributed by atoms with Crippen molar-refractivity contribution in [2.45, 2.75) is 68.6 Å². The molecule has 3 saturated heterocycles. The van der Waals surface area contributed by atoms with Gasteiger partial charge in [-0.25, -0.2) is 14.5 Å². The summed E-state index contributed by atoms with van der Waals surface area (Å²) in [5.74, 6) is -3.38. The van der Waals surface area contributed by atoms with Gasteiger partial charge in [-0.3, -0.25) is 66.4 Å². The monoisotopic (exact) mass is 1080 g/mol. The number of fused-ring (bicyclic) bond motifs is 4. The minimum Gasteiger partial charge on any atom is -0.386 e. The Labute approximate surface area is 417 Å². The van der Waals surface area contributed by atoms with Crippen molar-refractivity contribution in [3.05, 3.63) is 45.5 Å². The summed E-state index contributed by atoms with van der Waals surface area (Å²) in [6.45, 7) is -0.0269. The number of nitrogen functional groups attached to an aromatic ring is 2. The minimum absolute atomic E-state index is 0.0503. The number of carbonyl (C=O) groups excluding carboxylic acids is 4. The summed E-state index contributed by atoms with van der Waals surface area (Å²) in [6, 6.07) is -1.27. The van der Waals surface area contributed by atoms with Gasteiger partial charge in [-0.15, -0.1) is 0 Å². The van der Waals surface area contributed by atoms with Gasteiger partial charge in [0.25, 0.3) is 22.9 Å². The number of hydrogen-bond donors (Lipinski definition) is 8. The number of phosphoric acid groups is 1. The third-order valence-corrected chi connectivity index (χ3v) is 14.5. The van der Waals surface area contributed by atoms with Gasteiger partial charge in [0.2, 0.25) is 17.8 Å². The fourth-order valence-corrected chi connectivity index (χ4v) is 11.0. The molecule has 8 rings (SSSR count). The van der Waals surface area contributed by atoms with E-state index in [4.69, 9.17) is 53.5 Å². The van der Waals surface area contributed by atoms with Gasteiger partial charge in [-0.1, -0.05) is 0 Å². The highest BCUT2D eigenvalue weighted by Crippen LogP contribution is 2.54. The number of rotatable bonds is 22. The molecule has 404 valence electrons. The zero-order valence-electron chi connectivity index (χ0n) is 39.2. The number of amides is 3. The van der Waals surface area contributed by atoms with Crippen LogP contribution >= 0.6 is 15.4 Å². The fourth-order valence-electron chi connectivity index (χ4n) is 8.52. The van der Waals surface area contributed by atoms with E-state index in [1.165, 1.54) is 23.0 Å². The summed E-state index contributed by atoms with van der Waals surface area (Å²) >= 11 is 0. The summed E-state index contributed by atoms with van der Waals surface area (Å²) in [4.78, 5) is 118. The first-order valence-corrected chi connectivity index (χ1v) is 26.3. The lowest BCUT2D eigenvalue weighted by Gasteiger charge is -2.29. The summed E-state index contributed by atoms with van der Waals surface area (Å²) in [5, 5.41) is 14.2. The third kappa shape index (κ3) is 13.2. The van der Waals surface area contributed by atoms with Crippen LogP contribution in [-0.4, -0.2) is 192 Å². The molecule has 3 fully saturated rings. The van der Waals surface area contributed by atoms with Crippen molar-refractivity contribution in [1.29, 1.82) is 0 Å². The molecule has 10 atom stereocenters. The minimum atomic E-state index is -5.19. The van der Waals surface area contributed by atoms with Crippen molar-refractivity contribution < 1.29 is 85.2 Å². The van der Waals surface area contributed by atoms with Crippen LogP contribution in [0, 0.1) is 5.92 Å². The number of aliphatic hydroxyl groups excluding tert-OH is 1. The van der Waals surface area contributed by atoms with Crippen molar-refractivity contribution >= 4 is 73.1 Å².